The predicted molar refractivity (Wildman–Crippen MR) is 90.3 cm³/mol. The average molecular weight is 335 g/mol. The summed E-state index contributed by atoms with van der Waals surface area (Å²) in [5.74, 6) is 1.38. The van der Waals surface area contributed by atoms with Crippen molar-refractivity contribution in [2.75, 3.05) is 33.9 Å². The number of likely N-dealkylation sites (tertiary alicyclic amines) is 1. The van der Waals surface area contributed by atoms with Crippen molar-refractivity contribution >= 4 is 11.9 Å². The minimum atomic E-state index is -0.132. The van der Waals surface area contributed by atoms with Crippen LogP contribution in [0.1, 0.15) is 31.4 Å². The van der Waals surface area contributed by atoms with Crippen molar-refractivity contribution in [3.8, 4) is 11.5 Å². The lowest BCUT2D eigenvalue weighted by molar-refractivity contribution is -0.118. The van der Waals surface area contributed by atoms with Crippen LogP contribution in [0.3, 0.4) is 0 Å². The minimum Gasteiger partial charge on any atom is -0.497 e. The maximum Gasteiger partial charge on any atom is 0.317 e. The number of urea groups is 1. The molecule has 0 aliphatic carbocycles. The van der Waals surface area contributed by atoms with Crippen molar-refractivity contribution < 1.29 is 19.1 Å². The second-order valence-corrected chi connectivity index (χ2v) is 5.67. The van der Waals surface area contributed by atoms with Gasteiger partial charge in [-0.1, -0.05) is 0 Å². The van der Waals surface area contributed by atoms with E-state index >= 15 is 0 Å². The van der Waals surface area contributed by atoms with Gasteiger partial charge < -0.3 is 25.0 Å². The summed E-state index contributed by atoms with van der Waals surface area (Å²) in [6.07, 6.45) is 1.81. The van der Waals surface area contributed by atoms with E-state index in [9.17, 15) is 9.59 Å². The lowest BCUT2D eigenvalue weighted by Gasteiger charge is -2.27. The maximum atomic E-state index is 12.5. The topological polar surface area (TPSA) is 79.9 Å². The summed E-state index contributed by atoms with van der Waals surface area (Å²) < 4.78 is 10.7. The molecule has 1 aromatic carbocycles. The highest BCUT2D eigenvalue weighted by Gasteiger charge is 2.32. The largest absolute Gasteiger partial charge is 0.497 e. The highest BCUT2D eigenvalue weighted by atomic mass is 16.5. The molecule has 0 saturated carbocycles. The maximum absolute atomic E-state index is 12.5. The molecular weight excluding hydrogens is 310 g/mol. The van der Waals surface area contributed by atoms with Gasteiger partial charge in [0.05, 0.1) is 20.3 Å². The van der Waals surface area contributed by atoms with Crippen LogP contribution in [-0.2, 0) is 4.79 Å². The molecular formula is C17H25N3O4. The van der Waals surface area contributed by atoms with Crippen LogP contribution in [0.4, 0.5) is 4.79 Å². The first-order valence-corrected chi connectivity index (χ1v) is 8.07. The first kappa shape index (κ1) is 17.9. The highest BCUT2D eigenvalue weighted by molar-refractivity contribution is 5.76. The molecule has 1 saturated heterocycles. The van der Waals surface area contributed by atoms with Gasteiger partial charge in [-0.2, -0.15) is 0 Å². The van der Waals surface area contributed by atoms with Crippen molar-refractivity contribution in [1.82, 2.24) is 15.5 Å². The molecule has 1 unspecified atom stereocenters. The number of nitrogens with zero attached hydrogens (tertiary/aromatic N) is 1. The van der Waals surface area contributed by atoms with Crippen LogP contribution in [0, 0.1) is 0 Å². The standard InChI is InChI=1S/C17H25N3O4/c1-12(21)18-8-9-19-17(22)20-10-4-5-15(20)14-11-13(23-2)6-7-16(14)24-3/h6-7,11,15H,4-5,8-10H2,1-3H3,(H,18,21)(H,19,22). The molecule has 0 spiro atoms. The summed E-state index contributed by atoms with van der Waals surface area (Å²) in [4.78, 5) is 25.1. The molecule has 0 aromatic heterocycles. The zero-order valence-electron chi connectivity index (χ0n) is 14.4. The fraction of sp³-hybridized carbons (Fsp3) is 0.529. The monoisotopic (exact) mass is 335 g/mol. The second kappa shape index (κ2) is 8.42. The van der Waals surface area contributed by atoms with Gasteiger partial charge in [0, 0.05) is 32.1 Å². The molecule has 0 bridgehead atoms. The summed E-state index contributed by atoms with van der Waals surface area (Å²) in [5.41, 5.74) is 0.950. The van der Waals surface area contributed by atoms with Crippen LogP contribution < -0.4 is 20.1 Å². The molecule has 2 rings (SSSR count). The third kappa shape index (κ3) is 4.31. The lowest BCUT2D eigenvalue weighted by atomic mass is 10.0. The Hall–Kier alpha value is -2.44. The quantitative estimate of drug-likeness (QED) is 0.775. The number of carbonyl (C=O) groups excluding carboxylic acids is 2. The van der Waals surface area contributed by atoms with Crippen LogP contribution in [0.5, 0.6) is 11.5 Å². The summed E-state index contributed by atoms with van der Waals surface area (Å²) in [5, 5.41) is 5.50. The van der Waals surface area contributed by atoms with Gasteiger partial charge in [-0.3, -0.25) is 4.79 Å². The Morgan fingerprint density at radius 2 is 1.96 bits per heavy atom. The molecule has 7 heteroatoms. The van der Waals surface area contributed by atoms with Gasteiger partial charge in [0.25, 0.3) is 0 Å². The van der Waals surface area contributed by atoms with E-state index in [4.69, 9.17) is 9.47 Å². The Kier molecular flexibility index (Phi) is 6.28. The SMILES string of the molecule is COc1ccc(OC)c(C2CCCN2C(=O)NCCNC(C)=O)c1. The van der Waals surface area contributed by atoms with Crippen LogP contribution in [0.25, 0.3) is 0 Å². The number of ether oxygens (including phenoxy) is 2. The molecule has 0 radical (unpaired) electrons. The van der Waals surface area contributed by atoms with Crippen LogP contribution in [0.15, 0.2) is 18.2 Å². The summed E-state index contributed by atoms with van der Waals surface area (Å²) in [6, 6.07) is 5.45. The van der Waals surface area contributed by atoms with E-state index in [0.29, 0.717) is 19.6 Å². The molecule has 2 N–H and O–H groups in total. The van der Waals surface area contributed by atoms with Gasteiger partial charge in [-0.25, -0.2) is 4.79 Å². The van der Waals surface area contributed by atoms with E-state index in [-0.39, 0.29) is 18.0 Å². The summed E-state index contributed by atoms with van der Waals surface area (Å²) in [6.45, 7) is 2.96. The van der Waals surface area contributed by atoms with E-state index in [0.717, 1.165) is 29.9 Å². The highest BCUT2D eigenvalue weighted by Crippen LogP contribution is 2.38. The van der Waals surface area contributed by atoms with E-state index in [1.54, 1.807) is 14.2 Å². The first-order chi connectivity index (χ1) is 11.6. The third-order valence-electron chi connectivity index (χ3n) is 4.08. The fourth-order valence-corrected chi connectivity index (χ4v) is 2.94. The second-order valence-electron chi connectivity index (χ2n) is 5.67. The molecule has 1 heterocycles. The number of nitrogens with one attached hydrogen (secondary N) is 2. The smallest absolute Gasteiger partial charge is 0.317 e. The first-order valence-electron chi connectivity index (χ1n) is 8.07. The Morgan fingerprint density at radius 3 is 2.62 bits per heavy atom. The Morgan fingerprint density at radius 1 is 1.21 bits per heavy atom. The number of methoxy groups -OCH3 is 2. The lowest BCUT2D eigenvalue weighted by Crippen LogP contribution is -2.42. The number of carbonyl (C=O) groups is 2. The molecule has 1 aliphatic heterocycles. The Bertz CT molecular complexity index is 591. The summed E-state index contributed by atoms with van der Waals surface area (Å²) in [7, 11) is 3.24. The van der Waals surface area contributed by atoms with Crippen molar-refractivity contribution in [1.29, 1.82) is 0 Å². The average Bonchev–Trinajstić information content (AvgIpc) is 3.07. The predicted octanol–water partition coefficient (Wildman–Crippen LogP) is 1.69. The summed E-state index contributed by atoms with van der Waals surface area (Å²) >= 11 is 0. The molecule has 1 aromatic rings. The molecule has 1 atom stereocenters. The van der Waals surface area contributed by atoms with Crippen molar-refractivity contribution in [2.24, 2.45) is 0 Å². The van der Waals surface area contributed by atoms with E-state index in [1.807, 2.05) is 23.1 Å². The number of benzene rings is 1. The van der Waals surface area contributed by atoms with Crippen LogP contribution in [0.2, 0.25) is 0 Å². The third-order valence-corrected chi connectivity index (χ3v) is 4.08. The van der Waals surface area contributed by atoms with Gasteiger partial charge >= 0.3 is 6.03 Å². The van der Waals surface area contributed by atoms with Gasteiger partial charge in [-0.15, -0.1) is 0 Å². The molecule has 24 heavy (non-hydrogen) atoms. The zero-order chi connectivity index (χ0) is 17.5. The number of hydrogen-bond donors (Lipinski definition) is 2. The van der Waals surface area contributed by atoms with Gasteiger partial charge in [0.2, 0.25) is 5.91 Å². The minimum absolute atomic E-state index is 0.0455. The van der Waals surface area contributed by atoms with E-state index in [2.05, 4.69) is 10.6 Å². The van der Waals surface area contributed by atoms with Crippen molar-refractivity contribution in [2.45, 2.75) is 25.8 Å². The Labute approximate surface area is 142 Å². The van der Waals surface area contributed by atoms with Gasteiger partial charge in [-0.05, 0) is 31.0 Å². The number of hydrogen-bond acceptors (Lipinski definition) is 4. The molecule has 3 amide bonds. The number of rotatable bonds is 6. The van der Waals surface area contributed by atoms with Gasteiger partial charge in [0.15, 0.2) is 0 Å². The molecule has 7 nitrogen and oxygen atoms in total. The van der Waals surface area contributed by atoms with E-state index < -0.39 is 0 Å². The zero-order valence-corrected chi connectivity index (χ0v) is 14.4. The van der Waals surface area contributed by atoms with Gasteiger partial charge in [0.1, 0.15) is 11.5 Å². The van der Waals surface area contributed by atoms with E-state index in [1.165, 1.54) is 6.92 Å². The fourth-order valence-electron chi connectivity index (χ4n) is 2.94. The normalized spacial score (nSPS) is 16.6. The molecule has 1 aliphatic rings. The van der Waals surface area contributed by atoms with Crippen molar-refractivity contribution in [3.05, 3.63) is 23.8 Å². The Balaban J connectivity index is 2.07. The molecule has 132 valence electrons. The van der Waals surface area contributed by atoms with Crippen LogP contribution >= 0.6 is 0 Å². The number of amides is 3. The van der Waals surface area contributed by atoms with Crippen molar-refractivity contribution in [3.63, 3.8) is 0 Å². The van der Waals surface area contributed by atoms with Crippen LogP contribution in [-0.4, -0.2) is 50.7 Å². The molecule has 1 fully saturated rings.